The number of ether oxygens (including phenoxy) is 1. The normalized spacial score (nSPS) is 14.1. The molecule has 6 nitrogen and oxygen atoms in total. The zero-order chi connectivity index (χ0) is 20.9. The molecule has 4 rings (SSSR count). The van der Waals surface area contributed by atoms with Crippen LogP contribution in [0.5, 0.6) is 5.75 Å². The van der Waals surface area contributed by atoms with E-state index >= 15 is 0 Å². The zero-order valence-electron chi connectivity index (χ0n) is 16.7. The van der Waals surface area contributed by atoms with Crippen molar-refractivity contribution in [2.45, 2.75) is 5.16 Å². The molecule has 1 amide bonds. The van der Waals surface area contributed by atoms with E-state index in [0.717, 1.165) is 40.4 Å². The Kier molecular flexibility index (Phi) is 6.50. The number of benzene rings is 2. The minimum absolute atomic E-state index is 0.134. The van der Waals surface area contributed by atoms with E-state index in [1.807, 2.05) is 58.1 Å². The van der Waals surface area contributed by atoms with Crippen LogP contribution in [0.4, 0.5) is 5.69 Å². The maximum Gasteiger partial charge on any atom is 0.233 e. The average Bonchev–Trinajstić information content (AvgIpc) is 3.26. The quantitative estimate of drug-likeness (QED) is 0.540. The number of carbonyl (C=O) groups excluding carboxylic acids is 1. The predicted molar refractivity (Wildman–Crippen MR) is 121 cm³/mol. The molecular formula is C22H23ClN4O2S. The molecule has 0 spiro atoms. The average molecular weight is 443 g/mol. The molecule has 2 heterocycles. The number of hydrogen-bond acceptors (Lipinski definition) is 5. The Hall–Kier alpha value is -2.64. The summed E-state index contributed by atoms with van der Waals surface area (Å²) < 4.78 is 7.19. The number of amides is 1. The van der Waals surface area contributed by atoms with E-state index in [4.69, 9.17) is 16.3 Å². The van der Waals surface area contributed by atoms with Gasteiger partial charge >= 0.3 is 0 Å². The van der Waals surface area contributed by atoms with Gasteiger partial charge in [-0.15, -0.1) is 0 Å². The number of thioether (sulfide) groups is 1. The largest absolute Gasteiger partial charge is 0.497 e. The van der Waals surface area contributed by atoms with Gasteiger partial charge < -0.3 is 14.5 Å². The van der Waals surface area contributed by atoms with Gasteiger partial charge in [0.2, 0.25) is 5.91 Å². The van der Waals surface area contributed by atoms with Crippen molar-refractivity contribution in [2.24, 2.45) is 0 Å². The number of hydrogen-bond donors (Lipinski definition) is 0. The number of carbonyl (C=O) groups is 1. The molecule has 3 aromatic rings. The summed E-state index contributed by atoms with van der Waals surface area (Å²) >= 11 is 7.56. The van der Waals surface area contributed by atoms with Crippen molar-refractivity contribution in [3.63, 3.8) is 0 Å². The highest BCUT2D eigenvalue weighted by atomic mass is 35.5. The van der Waals surface area contributed by atoms with Crippen molar-refractivity contribution >= 4 is 35.0 Å². The van der Waals surface area contributed by atoms with E-state index in [2.05, 4.69) is 16.0 Å². The molecule has 30 heavy (non-hydrogen) atoms. The van der Waals surface area contributed by atoms with Gasteiger partial charge in [-0.25, -0.2) is 4.98 Å². The van der Waals surface area contributed by atoms with Crippen molar-refractivity contribution in [1.29, 1.82) is 0 Å². The van der Waals surface area contributed by atoms with Crippen molar-refractivity contribution in [3.05, 3.63) is 65.9 Å². The number of halogens is 1. The van der Waals surface area contributed by atoms with Crippen LogP contribution >= 0.6 is 23.4 Å². The van der Waals surface area contributed by atoms with Crippen LogP contribution < -0.4 is 9.64 Å². The molecule has 156 valence electrons. The van der Waals surface area contributed by atoms with Crippen LogP contribution in [0.25, 0.3) is 5.69 Å². The lowest BCUT2D eigenvalue weighted by molar-refractivity contribution is -0.128. The van der Waals surface area contributed by atoms with Crippen LogP contribution in [0.1, 0.15) is 0 Å². The first-order valence-corrected chi connectivity index (χ1v) is 11.1. The van der Waals surface area contributed by atoms with Crippen LogP contribution in [0, 0.1) is 0 Å². The van der Waals surface area contributed by atoms with Gasteiger partial charge in [0.1, 0.15) is 5.75 Å². The second-order valence-electron chi connectivity index (χ2n) is 6.91. The number of aromatic nitrogens is 2. The fourth-order valence-electron chi connectivity index (χ4n) is 3.44. The molecule has 2 aromatic carbocycles. The highest BCUT2D eigenvalue weighted by Crippen LogP contribution is 2.24. The number of imidazole rings is 1. The topological polar surface area (TPSA) is 50.6 Å². The van der Waals surface area contributed by atoms with Crippen LogP contribution in [-0.2, 0) is 4.79 Å². The Labute approximate surface area is 185 Å². The first-order valence-electron chi connectivity index (χ1n) is 9.73. The Morgan fingerprint density at radius 1 is 1.10 bits per heavy atom. The van der Waals surface area contributed by atoms with E-state index in [9.17, 15) is 4.79 Å². The summed E-state index contributed by atoms with van der Waals surface area (Å²) in [4.78, 5) is 21.3. The molecule has 1 aromatic heterocycles. The molecule has 1 saturated heterocycles. The zero-order valence-corrected chi connectivity index (χ0v) is 18.3. The number of piperazine rings is 1. The molecule has 0 saturated carbocycles. The van der Waals surface area contributed by atoms with E-state index in [0.29, 0.717) is 18.8 Å². The molecule has 1 aliphatic rings. The summed E-state index contributed by atoms with van der Waals surface area (Å²) in [5.74, 6) is 1.31. The Morgan fingerprint density at radius 3 is 2.57 bits per heavy atom. The highest BCUT2D eigenvalue weighted by Gasteiger charge is 2.22. The SMILES string of the molecule is COc1ccc(-n2ccnc2SCC(=O)N2CCN(c3cccc(Cl)c3)CC2)cc1. The van der Waals surface area contributed by atoms with Gasteiger partial charge in [0, 0.05) is 55.0 Å². The van der Waals surface area contributed by atoms with Gasteiger partial charge in [0.15, 0.2) is 5.16 Å². The maximum absolute atomic E-state index is 12.7. The lowest BCUT2D eigenvalue weighted by Crippen LogP contribution is -2.49. The standard InChI is InChI=1S/C22H23ClN4O2S/c1-29-20-7-5-18(6-8-20)27-10-9-24-22(27)30-16-21(28)26-13-11-25(12-14-26)19-4-2-3-17(23)15-19/h2-10,15H,11-14,16H2,1H3. The van der Waals surface area contributed by atoms with Crippen LogP contribution in [0.15, 0.2) is 66.1 Å². The first kappa shape index (κ1) is 20.6. The summed E-state index contributed by atoms with van der Waals surface area (Å²) in [6.45, 7) is 3.02. The number of nitrogens with zero attached hydrogens (tertiary/aromatic N) is 4. The molecule has 8 heteroatoms. The molecule has 0 bridgehead atoms. The van der Waals surface area contributed by atoms with E-state index in [1.54, 1.807) is 13.3 Å². The molecule has 0 unspecified atom stereocenters. The molecule has 0 N–H and O–H groups in total. The molecule has 1 aliphatic heterocycles. The van der Waals surface area contributed by atoms with Crippen molar-refractivity contribution < 1.29 is 9.53 Å². The molecule has 0 aliphatic carbocycles. The minimum Gasteiger partial charge on any atom is -0.497 e. The lowest BCUT2D eigenvalue weighted by atomic mass is 10.2. The van der Waals surface area contributed by atoms with E-state index in [1.165, 1.54) is 11.8 Å². The third-order valence-corrected chi connectivity index (χ3v) is 6.27. The van der Waals surface area contributed by atoms with Gasteiger partial charge in [0.05, 0.1) is 12.9 Å². The van der Waals surface area contributed by atoms with Gasteiger partial charge in [-0.3, -0.25) is 9.36 Å². The van der Waals surface area contributed by atoms with Crippen molar-refractivity contribution in [2.75, 3.05) is 43.9 Å². The summed E-state index contributed by atoms with van der Waals surface area (Å²) in [5, 5.41) is 1.53. The summed E-state index contributed by atoms with van der Waals surface area (Å²) in [6, 6.07) is 15.6. The van der Waals surface area contributed by atoms with Gasteiger partial charge in [0.25, 0.3) is 0 Å². The predicted octanol–water partition coefficient (Wildman–Crippen LogP) is 3.98. The fourth-order valence-corrected chi connectivity index (χ4v) is 4.50. The second kappa shape index (κ2) is 9.45. The fraction of sp³-hybridized carbons (Fsp3) is 0.273. The monoisotopic (exact) mass is 442 g/mol. The van der Waals surface area contributed by atoms with Crippen LogP contribution in [-0.4, -0.2) is 59.4 Å². The van der Waals surface area contributed by atoms with Gasteiger partial charge in [-0.2, -0.15) is 0 Å². The second-order valence-corrected chi connectivity index (χ2v) is 8.29. The number of anilines is 1. The van der Waals surface area contributed by atoms with Crippen molar-refractivity contribution in [3.8, 4) is 11.4 Å². The van der Waals surface area contributed by atoms with Crippen LogP contribution in [0.2, 0.25) is 5.02 Å². The van der Waals surface area contributed by atoms with Gasteiger partial charge in [-0.05, 0) is 42.5 Å². The number of methoxy groups -OCH3 is 1. The molecule has 0 radical (unpaired) electrons. The highest BCUT2D eigenvalue weighted by molar-refractivity contribution is 7.99. The van der Waals surface area contributed by atoms with Gasteiger partial charge in [-0.1, -0.05) is 29.4 Å². The third-order valence-electron chi connectivity index (χ3n) is 5.09. The Bertz CT molecular complexity index is 1000. The molecular weight excluding hydrogens is 420 g/mol. The summed E-state index contributed by atoms with van der Waals surface area (Å²) in [6.07, 6.45) is 3.65. The van der Waals surface area contributed by atoms with Crippen molar-refractivity contribution in [1.82, 2.24) is 14.5 Å². The third kappa shape index (κ3) is 4.74. The Morgan fingerprint density at radius 2 is 1.87 bits per heavy atom. The number of rotatable bonds is 6. The van der Waals surface area contributed by atoms with E-state index in [-0.39, 0.29) is 5.91 Å². The Balaban J connectivity index is 1.32. The molecule has 0 atom stereocenters. The maximum atomic E-state index is 12.7. The van der Waals surface area contributed by atoms with Crippen LogP contribution in [0.3, 0.4) is 0 Å². The summed E-state index contributed by atoms with van der Waals surface area (Å²) in [7, 11) is 1.65. The minimum atomic E-state index is 0.134. The first-order chi connectivity index (χ1) is 14.6. The lowest BCUT2D eigenvalue weighted by Gasteiger charge is -2.36. The molecule has 1 fully saturated rings. The summed E-state index contributed by atoms with van der Waals surface area (Å²) in [5.41, 5.74) is 2.09. The van der Waals surface area contributed by atoms with E-state index < -0.39 is 0 Å². The smallest absolute Gasteiger partial charge is 0.233 e.